The molecule has 1 aliphatic rings. The minimum atomic E-state index is -0.0493. The van der Waals surface area contributed by atoms with E-state index in [9.17, 15) is 4.79 Å². The van der Waals surface area contributed by atoms with E-state index in [2.05, 4.69) is 22.7 Å². The molecule has 1 heterocycles. The lowest BCUT2D eigenvalue weighted by Crippen LogP contribution is -2.34. The highest BCUT2D eigenvalue weighted by Crippen LogP contribution is 2.36. The van der Waals surface area contributed by atoms with Gasteiger partial charge in [0.1, 0.15) is 5.82 Å². The van der Waals surface area contributed by atoms with Crippen molar-refractivity contribution < 1.29 is 4.79 Å². The maximum absolute atomic E-state index is 12.3. The van der Waals surface area contributed by atoms with Gasteiger partial charge < -0.3 is 10.7 Å². The van der Waals surface area contributed by atoms with E-state index >= 15 is 0 Å². The Bertz CT molecular complexity index is 459. The van der Waals surface area contributed by atoms with E-state index in [0.717, 1.165) is 18.7 Å². The lowest BCUT2D eigenvalue weighted by Gasteiger charge is -2.23. The second kappa shape index (κ2) is 6.22. The lowest BCUT2D eigenvalue weighted by molar-refractivity contribution is 0.0934. The summed E-state index contributed by atoms with van der Waals surface area (Å²) in [5.41, 5.74) is 4.24. The number of anilines is 1. The number of hydrogen-bond donors (Lipinski definition) is 3. The molecule has 0 atom stereocenters. The Labute approximate surface area is 120 Å². The van der Waals surface area contributed by atoms with Crippen molar-refractivity contribution in [1.29, 1.82) is 0 Å². The molecule has 1 amide bonds. The molecule has 1 aliphatic carbocycles. The van der Waals surface area contributed by atoms with Gasteiger partial charge in [0.25, 0.3) is 5.91 Å². The van der Waals surface area contributed by atoms with Gasteiger partial charge in [-0.2, -0.15) is 0 Å². The van der Waals surface area contributed by atoms with Crippen LogP contribution in [0.15, 0.2) is 12.1 Å². The third-order valence-electron chi connectivity index (χ3n) is 4.14. The number of aromatic nitrogens is 1. The maximum atomic E-state index is 12.3. The first-order valence-corrected chi connectivity index (χ1v) is 7.32. The van der Waals surface area contributed by atoms with Crippen LogP contribution < -0.4 is 16.6 Å². The zero-order valence-corrected chi connectivity index (χ0v) is 12.3. The number of aryl methyl sites for hydroxylation is 1. The summed E-state index contributed by atoms with van der Waals surface area (Å²) in [5.74, 6) is 5.87. The van der Waals surface area contributed by atoms with Crippen LogP contribution in [-0.4, -0.2) is 17.4 Å². The number of rotatable bonds is 5. The number of nitrogens with two attached hydrogens (primary N) is 1. The van der Waals surface area contributed by atoms with Gasteiger partial charge >= 0.3 is 0 Å². The molecule has 4 N–H and O–H groups in total. The molecule has 0 radical (unpaired) electrons. The summed E-state index contributed by atoms with van der Waals surface area (Å²) in [6.45, 7) is 4.99. The Morgan fingerprint density at radius 3 is 2.70 bits per heavy atom. The highest BCUT2D eigenvalue weighted by Gasteiger charge is 2.29. The molecule has 1 aromatic rings. The topological polar surface area (TPSA) is 80.0 Å². The number of nitrogen functional groups attached to an aromatic ring is 1. The number of nitrogens with one attached hydrogen (secondary N) is 2. The fourth-order valence-corrected chi connectivity index (χ4v) is 2.77. The van der Waals surface area contributed by atoms with Crippen molar-refractivity contribution in [2.24, 2.45) is 11.3 Å². The molecule has 0 spiro atoms. The molecule has 0 bridgehead atoms. The van der Waals surface area contributed by atoms with Crippen LogP contribution >= 0.6 is 0 Å². The monoisotopic (exact) mass is 276 g/mol. The molecule has 20 heavy (non-hydrogen) atoms. The smallest absolute Gasteiger partial charge is 0.251 e. The van der Waals surface area contributed by atoms with E-state index in [4.69, 9.17) is 5.84 Å². The van der Waals surface area contributed by atoms with E-state index in [1.54, 1.807) is 6.07 Å². The summed E-state index contributed by atoms with van der Waals surface area (Å²) in [7, 11) is 0. The largest absolute Gasteiger partial charge is 0.351 e. The fraction of sp³-hybridized carbons (Fsp3) is 0.600. The molecule has 110 valence electrons. The number of pyridine rings is 1. The summed E-state index contributed by atoms with van der Waals surface area (Å²) in [6, 6.07) is 3.51. The predicted molar refractivity (Wildman–Crippen MR) is 80.3 cm³/mol. The summed E-state index contributed by atoms with van der Waals surface area (Å²) in [6.07, 6.45) is 5.69. The van der Waals surface area contributed by atoms with E-state index < -0.39 is 0 Å². The molecular formula is C15H24N4O. The zero-order valence-electron chi connectivity index (χ0n) is 12.3. The minimum absolute atomic E-state index is 0.0493. The van der Waals surface area contributed by atoms with Crippen LogP contribution in [0.2, 0.25) is 0 Å². The van der Waals surface area contributed by atoms with Crippen molar-refractivity contribution in [1.82, 2.24) is 10.3 Å². The Morgan fingerprint density at radius 2 is 2.10 bits per heavy atom. The third kappa shape index (κ3) is 3.48. The van der Waals surface area contributed by atoms with Crippen molar-refractivity contribution in [3.05, 3.63) is 23.4 Å². The van der Waals surface area contributed by atoms with Gasteiger partial charge in [0.15, 0.2) is 0 Å². The molecule has 5 heteroatoms. The number of hydrazine groups is 1. The number of amides is 1. The Morgan fingerprint density at radius 1 is 1.40 bits per heavy atom. The molecule has 0 aliphatic heterocycles. The third-order valence-corrected chi connectivity index (χ3v) is 4.14. The van der Waals surface area contributed by atoms with Gasteiger partial charge in [-0.05, 0) is 36.8 Å². The van der Waals surface area contributed by atoms with Crippen LogP contribution in [0.5, 0.6) is 0 Å². The van der Waals surface area contributed by atoms with Crippen molar-refractivity contribution in [3.63, 3.8) is 0 Å². The molecule has 0 saturated heterocycles. The van der Waals surface area contributed by atoms with Gasteiger partial charge in [-0.25, -0.2) is 10.8 Å². The van der Waals surface area contributed by atoms with Crippen LogP contribution in [0.25, 0.3) is 0 Å². The molecule has 2 rings (SSSR count). The standard InChI is InChI=1S/C15H24N4O/c1-3-12-8-11(9-13(18-12)19-16)14(20)17-10-15(2)6-4-5-7-15/h8-9H,3-7,10,16H2,1-2H3,(H,17,20)(H,18,19). The van der Waals surface area contributed by atoms with Crippen LogP contribution in [-0.2, 0) is 6.42 Å². The van der Waals surface area contributed by atoms with Crippen LogP contribution in [0, 0.1) is 5.41 Å². The Kier molecular flexibility index (Phi) is 4.60. The van der Waals surface area contributed by atoms with Crippen molar-refractivity contribution in [2.45, 2.75) is 46.0 Å². The average Bonchev–Trinajstić information content (AvgIpc) is 2.91. The van der Waals surface area contributed by atoms with Crippen molar-refractivity contribution >= 4 is 11.7 Å². The molecule has 1 aromatic heterocycles. The SMILES string of the molecule is CCc1cc(C(=O)NCC2(C)CCCC2)cc(NN)n1. The Hall–Kier alpha value is -1.62. The van der Waals surface area contributed by atoms with Gasteiger partial charge in [-0.1, -0.05) is 26.7 Å². The minimum Gasteiger partial charge on any atom is -0.351 e. The summed E-state index contributed by atoms with van der Waals surface area (Å²) < 4.78 is 0. The number of carbonyl (C=O) groups excluding carboxylic acids is 1. The van der Waals surface area contributed by atoms with Gasteiger partial charge in [0, 0.05) is 17.8 Å². The number of hydrogen-bond acceptors (Lipinski definition) is 4. The van der Waals surface area contributed by atoms with E-state index in [-0.39, 0.29) is 11.3 Å². The first-order chi connectivity index (χ1) is 9.56. The molecule has 0 aromatic carbocycles. The van der Waals surface area contributed by atoms with Gasteiger partial charge in [-0.15, -0.1) is 0 Å². The highest BCUT2D eigenvalue weighted by molar-refractivity contribution is 5.95. The molecule has 5 nitrogen and oxygen atoms in total. The average molecular weight is 276 g/mol. The molecule has 1 fully saturated rings. The second-order valence-electron chi connectivity index (χ2n) is 5.93. The van der Waals surface area contributed by atoms with E-state index in [0.29, 0.717) is 11.4 Å². The first-order valence-electron chi connectivity index (χ1n) is 7.32. The van der Waals surface area contributed by atoms with Gasteiger partial charge in [-0.3, -0.25) is 4.79 Å². The molecule has 0 unspecified atom stereocenters. The zero-order chi connectivity index (χ0) is 14.6. The second-order valence-corrected chi connectivity index (χ2v) is 5.93. The van der Waals surface area contributed by atoms with Crippen LogP contribution in [0.3, 0.4) is 0 Å². The molecule has 1 saturated carbocycles. The number of carbonyl (C=O) groups is 1. The maximum Gasteiger partial charge on any atom is 0.251 e. The summed E-state index contributed by atoms with van der Waals surface area (Å²) in [5, 5.41) is 3.05. The lowest BCUT2D eigenvalue weighted by atomic mass is 9.89. The molecular weight excluding hydrogens is 252 g/mol. The number of nitrogens with zero attached hydrogens (tertiary/aromatic N) is 1. The van der Waals surface area contributed by atoms with E-state index in [1.807, 2.05) is 13.0 Å². The van der Waals surface area contributed by atoms with Crippen molar-refractivity contribution in [2.75, 3.05) is 12.0 Å². The van der Waals surface area contributed by atoms with E-state index in [1.165, 1.54) is 25.7 Å². The summed E-state index contributed by atoms with van der Waals surface area (Å²) >= 11 is 0. The Balaban J connectivity index is 2.04. The first kappa shape index (κ1) is 14.8. The summed E-state index contributed by atoms with van der Waals surface area (Å²) in [4.78, 5) is 16.6. The normalized spacial score (nSPS) is 16.9. The predicted octanol–water partition coefficient (Wildman–Crippen LogP) is 2.24. The highest BCUT2D eigenvalue weighted by atomic mass is 16.1. The van der Waals surface area contributed by atoms with Crippen LogP contribution in [0.1, 0.15) is 55.6 Å². The van der Waals surface area contributed by atoms with Crippen LogP contribution in [0.4, 0.5) is 5.82 Å². The quantitative estimate of drug-likeness (QED) is 0.569. The fourth-order valence-electron chi connectivity index (χ4n) is 2.77. The van der Waals surface area contributed by atoms with Crippen molar-refractivity contribution in [3.8, 4) is 0 Å². The van der Waals surface area contributed by atoms with Gasteiger partial charge in [0.2, 0.25) is 0 Å². The van der Waals surface area contributed by atoms with Gasteiger partial charge in [0.05, 0.1) is 0 Å².